The van der Waals surface area contributed by atoms with Crippen LogP contribution in [0.1, 0.15) is 90.7 Å². The third kappa shape index (κ3) is 3.30. The summed E-state index contributed by atoms with van der Waals surface area (Å²) in [6.07, 6.45) is 17.6. The highest BCUT2D eigenvalue weighted by Crippen LogP contribution is 2.65. The number of allylic oxidation sites excluding steroid dienone is 2. The SMILES string of the molecule is CC.CCc1cncc(C2=CC[C@H]3C4CCC5OCCCC5(C)C4CCC23C)c1. The highest BCUT2D eigenvalue weighted by atomic mass is 16.5. The molecule has 5 rings (SSSR count). The minimum atomic E-state index is 0.341. The van der Waals surface area contributed by atoms with E-state index in [2.05, 4.69) is 44.1 Å². The summed E-state index contributed by atoms with van der Waals surface area (Å²) in [6, 6.07) is 2.39. The van der Waals surface area contributed by atoms with E-state index >= 15 is 0 Å². The van der Waals surface area contributed by atoms with Crippen LogP contribution in [0.5, 0.6) is 0 Å². The van der Waals surface area contributed by atoms with Crippen LogP contribution < -0.4 is 0 Å². The first kappa shape index (κ1) is 21.1. The zero-order valence-electron chi connectivity index (χ0n) is 19.3. The van der Waals surface area contributed by atoms with Gasteiger partial charge in [-0.3, -0.25) is 4.98 Å². The van der Waals surface area contributed by atoms with Gasteiger partial charge in [0.25, 0.3) is 0 Å². The molecule has 2 saturated carbocycles. The second-order valence-electron chi connectivity index (χ2n) is 10.2. The number of nitrogens with zero attached hydrogens (tertiary/aromatic N) is 1. The fraction of sp³-hybridized carbons (Fsp3) is 0.741. The van der Waals surface area contributed by atoms with Crippen molar-refractivity contribution in [3.63, 3.8) is 0 Å². The van der Waals surface area contributed by atoms with Gasteiger partial charge in [0.05, 0.1) is 6.10 Å². The van der Waals surface area contributed by atoms with Crippen molar-refractivity contribution in [2.45, 2.75) is 92.1 Å². The molecule has 3 fully saturated rings. The summed E-state index contributed by atoms with van der Waals surface area (Å²) < 4.78 is 6.27. The maximum Gasteiger partial charge on any atom is 0.0631 e. The van der Waals surface area contributed by atoms with Crippen LogP contribution in [0.3, 0.4) is 0 Å². The Bertz CT molecular complexity index is 755. The molecule has 2 heteroatoms. The molecule has 0 spiro atoms. The molecule has 2 nitrogen and oxygen atoms in total. The van der Waals surface area contributed by atoms with Gasteiger partial charge in [0.1, 0.15) is 0 Å². The van der Waals surface area contributed by atoms with Gasteiger partial charge in [-0.1, -0.05) is 40.7 Å². The Morgan fingerprint density at radius 2 is 1.90 bits per heavy atom. The van der Waals surface area contributed by atoms with Crippen molar-refractivity contribution in [2.75, 3.05) is 6.61 Å². The van der Waals surface area contributed by atoms with Gasteiger partial charge in [-0.05, 0) is 103 Å². The van der Waals surface area contributed by atoms with E-state index in [1.54, 1.807) is 5.57 Å². The number of rotatable bonds is 2. The van der Waals surface area contributed by atoms with Crippen molar-refractivity contribution in [2.24, 2.45) is 28.6 Å². The van der Waals surface area contributed by atoms with Gasteiger partial charge in [-0.15, -0.1) is 0 Å². The number of hydrogen-bond acceptors (Lipinski definition) is 2. The number of fused-ring (bicyclic) bond motifs is 5. The summed E-state index contributed by atoms with van der Waals surface area (Å²) in [4.78, 5) is 4.56. The summed E-state index contributed by atoms with van der Waals surface area (Å²) in [7, 11) is 0. The van der Waals surface area contributed by atoms with E-state index in [0.717, 1.165) is 30.8 Å². The Hall–Kier alpha value is -1.15. The van der Waals surface area contributed by atoms with E-state index in [-0.39, 0.29) is 0 Å². The molecule has 1 saturated heterocycles. The smallest absolute Gasteiger partial charge is 0.0631 e. The van der Waals surface area contributed by atoms with Crippen LogP contribution in [0, 0.1) is 28.6 Å². The highest BCUT2D eigenvalue weighted by molar-refractivity contribution is 5.72. The fourth-order valence-corrected chi connectivity index (χ4v) is 7.56. The van der Waals surface area contributed by atoms with Crippen LogP contribution >= 0.6 is 0 Å². The predicted octanol–water partition coefficient (Wildman–Crippen LogP) is 7.09. The van der Waals surface area contributed by atoms with Crippen molar-refractivity contribution in [3.8, 4) is 0 Å². The van der Waals surface area contributed by atoms with E-state index in [1.165, 1.54) is 56.1 Å². The van der Waals surface area contributed by atoms with Crippen LogP contribution in [0.15, 0.2) is 24.5 Å². The lowest BCUT2D eigenvalue weighted by molar-refractivity contribution is -0.168. The Morgan fingerprint density at radius 1 is 1.07 bits per heavy atom. The molecule has 5 unspecified atom stereocenters. The summed E-state index contributed by atoms with van der Waals surface area (Å²) in [5, 5.41) is 0. The monoisotopic (exact) mass is 395 g/mol. The van der Waals surface area contributed by atoms with Gasteiger partial charge in [-0.2, -0.15) is 0 Å². The first-order valence-electron chi connectivity index (χ1n) is 12.3. The Kier molecular flexibility index (Phi) is 5.95. The minimum absolute atomic E-state index is 0.341. The molecule has 2 heterocycles. The molecule has 0 aromatic carbocycles. The van der Waals surface area contributed by atoms with E-state index in [0.29, 0.717) is 16.9 Å². The number of hydrogen-bond donors (Lipinski definition) is 0. The van der Waals surface area contributed by atoms with Crippen LogP contribution in [0.2, 0.25) is 0 Å². The number of aromatic nitrogens is 1. The average molecular weight is 396 g/mol. The predicted molar refractivity (Wildman–Crippen MR) is 122 cm³/mol. The molecule has 0 radical (unpaired) electrons. The van der Waals surface area contributed by atoms with E-state index in [4.69, 9.17) is 4.74 Å². The second kappa shape index (κ2) is 8.17. The lowest BCUT2D eigenvalue weighted by Gasteiger charge is -2.59. The highest BCUT2D eigenvalue weighted by Gasteiger charge is 2.58. The standard InChI is InChI=1S/C25H35NO.C2H6/c1-4-17-14-18(16-26-15-17)20-7-8-21-19-6-9-23-25(3,11-5-13-27-23)22(19)10-12-24(20,21)2;1-2/h7,14-16,19,21-23H,4-6,8-13H2,1-3H3;1-2H3/t19?,21-,22?,23?,24?,25?;/m0./s1. The Balaban J connectivity index is 0.000000994. The molecule has 0 bridgehead atoms. The summed E-state index contributed by atoms with van der Waals surface area (Å²) in [5.41, 5.74) is 5.11. The van der Waals surface area contributed by atoms with Gasteiger partial charge < -0.3 is 4.74 Å². The number of ether oxygens (including phenoxy) is 1. The molecule has 160 valence electrons. The largest absolute Gasteiger partial charge is 0.378 e. The van der Waals surface area contributed by atoms with Crippen LogP contribution in [0.4, 0.5) is 0 Å². The first-order chi connectivity index (χ1) is 14.1. The summed E-state index contributed by atoms with van der Waals surface area (Å²) >= 11 is 0. The molecule has 1 aromatic heterocycles. The molecule has 3 aliphatic carbocycles. The molecule has 1 aromatic rings. The van der Waals surface area contributed by atoms with Gasteiger partial charge in [0.15, 0.2) is 0 Å². The van der Waals surface area contributed by atoms with Crippen molar-refractivity contribution in [1.29, 1.82) is 0 Å². The third-order valence-corrected chi connectivity index (χ3v) is 9.06. The molecule has 0 N–H and O–H groups in total. The van der Waals surface area contributed by atoms with Crippen molar-refractivity contribution in [3.05, 3.63) is 35.7 Å². The van der Waals surface area contributed by atoms with Crippen LogP contribution in [-0.4, -0.2) is 17.7 Å². The molecule has 1 aliphatic heterocycles. The maximum absolute atomic E-state index is 6.27. The molecular weight excluding hydrogens is 354 g/mol. The van der Waals surface area contributed by atoms with E-state index in [1.807, 2.05) is 20.0 Å². The Morgan fingerprint density at radius 3 is 2.69 bits per heavy atom. The van der Waals surface area contributed by atoms with Gasteiger partial charge in [0.2, 0.25) is 0 Å². The minimum Gasteiger partial charge on any atom is -0.378 e. The molecular formula is C27H41NO. The zero-order chi connectivity index (χ0) is 20.6. The maximum atomic E-state index is 6.27. The lowest BCUT2D eigenvalue weighted by atomic mass is 9.47. The van der Waals surface area contributed by atoms with Crippen molar-refractivity contribution < 1.29 is 4.74 Å². The lowest BCUT2D eigenvalue weighted by Crippen LogP contribution is -2.55. The average Bonchev–Trinajstić information content (AvgIpc) is 3.12. The fourth-order valence-electron chi connectivity index (χ4n) is 7.56. The topological polar surface area (TPSA) is 22.1 Å². The normalized spacial score (nSPS) is 40.7. The quantitative estimate of drug-likeness (QED) is 0.533. The summed E-state index contributed by atoms with van der Waals surface area (Å²) in [5.74, 6) is 2.56. The molecule has 6 atom stereocenters. The van der Waals surface area contributed by atoms with Gasteiger partial charge in [-0.25, -0.2) is 0 Å². The van der Waals surface area contributed by atoms with Crippen molar-refractivity contribution >= 4 is 5.57 Å². The zero-order valence-corrected chi connectivity index (χ0v) is 19.3. The summed E-state index contributed by atoms with van der Waals surface area (Å²) in [6.45, 7) is 12.3. The van der Waals surface area contributed by atoms with Gasteiger partial charge >= 0.3 is 0 Å². The first-order valence-corrected chi connectivity index (χ1v) is 12.3. The van der Waals surface area contributed by atoms with Crippen LogP contribution in [0.25, 0.3) is 5.57 Å². The third-order valence-electron chi connectivity index (χ3n) is 9.06. The van der Waals surface area contributed by atoms with E-state index in [9.17, 15) is 0 Å². The molecule has 0 amide bonds. The van der Waals surface area contributed by atoms with E-state index < -0.39 is 0 Å². The van der Waals surface area contributed by atoms with Gasteiger partial charge in [0, 0.05) is 19.0 Å². The van der Waals surface area contributed by atoms with Crippen LogP contribution in [-0.2, 0) is 11.2 Å². The number of aryl methyl sites for hydroxylation is 1. The second-order valence-corrected chi connectivity index (χ2v) is 10.2. The molecule has 29 heavy (non-hydrogen) atoms. The Labute approximate surface area is 178 Å². The van der Waals surface area contributed by atoms with Crippen molar-refractivity contribution in [1.82, 2.24) is 4.98 Å². The number of pyridine rings is 1. The molecule has 4 aliphatic rings.